The van der Waals surface area contributed by atoms with E-state index in [0.29, 0.717) is 19.3 Å². The van der Waals surface area contributed by atoms with Gasteiger partial charge >= 0.3 is 17.9 Å². The van der Waals surface area contributed by atoms with E-state index in [1.54, 1.807) is 0 Å². The van der Waals surface area contributed by atoms with Crippen LogP contribution in [0.5, 0.6) is 0 Å². The van der Waals surface area contributed by atoms with Gasteiger partial charge in [0.2, 0.25) is 0 Å². The number of esters is 3. The molecule has 296 valence electrons. The van der Waals surface area contributed by atoms with Gasteiger partial charge < -0.3 is 14.2 Å². The molecule has 0 saturated carbocycles. The molecule has 50 heavy (non-hydrogen) atoms. The summed E-state index contributed by atoms with van der Waals surface area (Å²) in [6.07, 6.45) is 36.5. The van der Waals surface area contributed by atoms with Crippen molar-refractivity contribution < 1.29 is 28.6 Å². The molecule has 1 unspecified atom stereocenters. The van der Waals surface area contributed by atoms with Crippen molar-refractivity contribution in [2.75, 3.05) is 13.2 Å². The zero-order chi connectivity index (χ0) is 36.8. The van der Waals surface area contributed by atoms with E-state index in [4.69, 9.17) is 14.2 Å². The fourth-order valence-corrected chi connectivity index (χ4v) is 6.42. The third-order valence-electron chi connectivity index (χ3n) is 10.2. The highest BCUT2D eigenvalue weighted by molar-refractivity contribution is 5.71. The summed E-state index contributed by atoms with van der Waals surface area (Å²) in [5.74, 6) is -0.0128. The van der Waals surface area contributed by atoms with Crippen LogP contribution in [-0.4, -0.2) is 37.2 Å². The Balaban J connectivity index is 4.34. The number of hydrogen-bond acceptors (Lipinski definition) is 6. The molecule has 0 aromatic heterocycles. The van der Waals surface area contributed by atoms with Crippen molar-refractivity contribution in [2.45, 2.75) is 246 Å². The molecule has 0 saturated heterocycles. The summed E-state index contributed by atoms with van der Waals surface area (Å²) in [7, 11) is 0. The average Bonchev–Trinajstić information content (AvgIpc) is 3.11. The van der Waals surface area contributed by atoms with E-state index < -0.39 is 6.10 Å². The van der Waals surface area contributed by atoms with Crippen LogP contribution in [0.2, 0.25) is 0 Å². The molecule has 0 N–H and O–H groups in total. The summed E-state index contributed by atoms with van der Waals surface area (Å²) in [6, 6.07) is 0. The van der Waals surface area contributed by atoms with Gasteiger partial charge in [-0.3, -0.25) is 14.4 Å². The molecule has 0 fully saturated rings. The average molecular weight is 709 g/mol. The molecule has 6 nitrogen and oxygen atoms in total. The second-order valence-corrected chi connectivity index (χ2v) is 15.2. The third-order valence-corrected chi connectivity index (χ3v) is 10.2. The highest BCUT2D eigenvalue weighted by Crippen LogP contribution is 2.16. The van der Waals surface area contributed by atoms with Gasteiger partial charge in [-0.1, -0.05) is 201 Å². The fourth-order valence-electron chi connectivity index (χ4n) is 6.42. The van der Waals surface area contributed by atoms with Crippen LogP contribution in [0.1, 0.15) is 240 Å². The molecule has 0 heterocycles. The number of hydrogen-bond donors (Lipinski definition) is 0. The topological polar surface area (TPSA) is 78.9 Å². The number of ether oxygens (including phenoxy) is 3. The molecule has 0 rings (SSSR count). The first kappa shape index (κ1) is 48.4. The first-order valence-corrected chi connectivity index (χ1v) is 21.9. The number of carbonyl (C=O) groups is 3. The maximum absolute atomic E-state index is 12.7. The van der Waals surface area contributed by atoms with Crippen molar-refractivity contribution in [1.82, 2.24) is 0 Å². The molecule has 0 aliphatic carbocycles. The van der Waals surface area contributed by atoms with E-state index in [9.17, 15) is 14.4 Å². The van der Waals surface area contributed by atoms with E-state index in [1.807, 2.05) is 0 Å². The van der Waals surface area contributed by atoms with Crippen LogP contribution in [0, 0.1) is 5.92 Å². The lowest BCUT2D eigenvalue weighted by Crippen LogP contribution is -2.30. The maximum Gasteiger partial charge on any atom is 0.306 e. The van der Waals surface area contributed by atoms with Crippen LogP contribution in [0.15, 0.2) is 0 Å². The Hall–Kier alpha value is -1.59. The fraction of sp³-hybridized carbons (Fsp3) is 0.932. The van der Waals surface area contributed by atoms with Crippen molar-refractivity contribution in [1.29, 1.82) is 0 Å². The molecular weight excluding hydrogens is 624 g/mol. The standard InChI is InChI=1S/C44H84O6/c1-5-8-10-12-14-16-17-19-25-29-33-37-44(47)50-41(38-48-42(45)35-31-27-23-18-15-13-11-9-6-2)39-49-43(46)36-32-28-24-21-20-22-26-30-34-40(4)7-3/h40-41H,5-39H2,1-4H3/t40?,41-/m1/s1. The smallest absolute Gasteiger partial charge is 0.306 e. The highest BCUT2D eigenvalue weighted by Gasteiger charge is 2.19. The number of rotatable bonds is 39. The number of unbranched alkanes of at least 4 members (excludes halogenated alkanes) is 25. The van der Waals surface area contributed by atoms with Crippen molar-refractivity contribution in [3.63, 3.8) is 0 Å². The molecule has 0 radical (unpaired) electrons. The van der Waals surface area contributed by atoms with Gasteiger partial charge in [-0.05, 0) is 25.2 Å². The lowest BCUT2D eigenvalue weighted by atomic mass is 9.99. The Morgan fingerprint density at radius 2 is 0.700 bits per heavy atom. The van der Waals surface area contributed by atoms with Crippen molar-refractivity contribution in [3.8, 4) is 0 Å². The van der Waals surface area contributed by atoms with Crippen LogP contribution >= 0.6 is 0 Å². The summed E-state index contributed by atoms with van der Waals surface area (Å²) in [6.45, 7) is 8.97. The summed E-state index contributed by atoms with van der Waals surface area (Å²) in [5, 5.41) is 0. The Labute approximate surface area is 310 Å². The third kappa shape index (κ3) is 36.2. The molecule has 0 aliphatic rings. The molecular formula is C44H84O6. The minimum atomic E-state index is -0.758. The van der Waals surface area contributed by atoms with Crippen LogP contribution in [0.3, 0.4) is 0 Å². The van der Waals surface area contributed by atoms with Gasteiger partial charge in [-0.2, -0.15) is 0 Å². The summed E-state index contributed by atoms with van der Waals surface area (Å²) in [4.78, 5) is 37.6. The van der Waals surface area contributed by atoms with E-state index in [2.05, 4.69) is 27.7 Å². The second-order valence-electron chi connectivity index (χ2n) is 15.2. The molecule has 0 spiro atoms. The van der Waals surface area contributed by atoms with E-state index in [1.165, 1.54) is 135 Å². The van der Waals surface area contributed by atoms with E-state index >= 15 is 0 Å². The maximum atomic E-state index is 12.7. The Bertz CT molecular complexity index is 753. The molecule has 0 aromatic rings. The van der Waals surface area contributed by atoms with Gasteiger partial charge in [0.05, 0.1) is 0 Å². The molecule has 0 bridgehead atoms. The van der Waals surface area contributed by atoms with Gasteiger partial charge in [0, 0.05) is 19.3 Å². The van der Waals surface area contributed by atoms with Crippen LogP contribution in [0.25, 0.3) is 0 Å². The lowest BCUT2D eigenvalue weighted by Gasteiger charge is -2.18. The Morgan fingerprint density at radius 1 is 0.400 bits per heavy atom. The predicted molar refractivity (Wildman–Crippen MR) is 210 cm³/mol. The lowest BCUT2D eigenvalue weighted by molar-refractivity contribution is -0.167. The first-order chi connectivity index (χ1) is 24.4. The Kier molecular flexibility index (Phi) is 37.4. The van der Waals surface area contributed by atoms with Crippen molar-refractivity contribution >= 4 is 17.9 Å². The van der Waals surface area contributed by atoms with Gasteiger partial charge in [-0.25, -0.2) is 0 Å². The highest BCUT2D eigenvalue weighted by atomic mass is 16.6. The van der Waals surface area contributed by atoms with Crippen LogP contribution in [0.4, 0.5) is 0 Å². The molecule has 2 atom stereocenters. The van der Waals surface area contributed by atoms with Crippen molar-refractivity contribution in [2.24, 2.45) is 5.92 Å². The zero-order valence-corrected chi connectivity index (χ0v) is 33.9. The van der Waals surface area contributed by atoms with Crippen LogP contribution < -0.4 is 0 Å². The van der Waals surface area contributed by atoms with E-state index in [-0.39, 0.29) is 31.1 Å². The van der Waals surface area contributed by atoms with Crippen molar-refractivity contribution in [3.05, 3.63) is 0 Å². The predicted octanol–water partition coefficient (Wildman–Crippen LogP) is 13.6. The number of carbonyl (C=O) groups excluding carboxylic acids is 3. The minimum Gasteiger partial charge on any atom is -0.462 e. The van der Waals surface area contributed by atoms with Gasteiger partial charge in [-0.15, -0.1) is 0 Å². The molecule has 0 aromatic carbocycles. The Morgan fingerprint density at radius 3 is 1.04 bits per heavy atom. The van der Waals surface area contributed by atoms with Gasteiger partial charge in [0.25, 0.3) is 0 Å². The molecule has 0 aliphatic heterocycles. The first-order valence-electron chi connectivity index (χ1n) is 21.9. The van der Waals surface area contributed by atoms with Gasteiger partial charge in [0.15, 0.2) is 6.10 Å². The quantitative estimate of drug-likeness (QED) is 0.0359. The molecule has 0 amide bonds. The SMILES string of the molecule is CCCCCCCCCCCCCC(=O)O[C@H](COC(=O)CCCCCCCCCCC)COC(=O)CCCCCCCCCCC(C)CC. The van der Waals surface area contributed by atoms with Gasteiger partial charge in [0.1, 0.15) is 13.2 Å². The summed E-state index contributed by atoms with van der Waals surface area (Å²) in [5.41, 5.74) is 0. The largest absolute Gasteiger partial charge is 0.462 e. The normalized spacial score (nSPS) is 12.5. The zero-order valence-electron chi connectivity index (χ0n) is 33.9. The minimum absolute atomic E-state index is 0.0646. The molecule has 6 heteroatoms. The van der Waals surface area contributed by atoms with Crippen LogP contribution in [-0.2, 0) is 28.6 Å². The second kappa shape index (κ2) is 38.6. The monoisotopic (exact) mass is 709 g/mol. The van der Waals surface area contributed by atoms with E-state index in [0.717, 1.165) is 63.7 Å². The summed E-state index contributed by atoms with van der Waals surface area (Å²) >= 11 is 0. The summed E-state index contributed by atoms with van der Waals surface area (Å²) < 4.78 is 16.7.